The third-order valence-corrected chi connectivity index (χ3v) is 2.78. The molecule has 98 valence electrons. The first kappa shape index (κ1) is 14.5. The Morgan fingerprint density at radius 3 is 2.33 bits per heavy atom. The van der Waals surface area contributed by atoms with E-state index in [0.717, 1.165) is 18.7 Å². The molecule has 0 spiro atoms. The van der Waals surface area contributed by atoms with Gasteiger partial charge < -0.3 is 10.1 Å². The van der Waals surface area contributed by atoms with Crippen LogP contribution in [-0.4, -0.2) is 20.7 Å². The van der Waals surface area contributed by atoms with Crippen LogP contribution in [0.1, 0.15) is 19.4 Å². The lowest BCUT2D eigenvalue weighted by molar-refractivity contribution is 0.415. The van der Waals surface area contributed by atoms with E-state index in [1.807, 2.05) is 27.0 Å². The number of ether oxygens (including phenoxy) is 1. The minimum atomic E-state index is 0.912. The molecular formula is C16H23NO. The standard InChI is InChI=1S/C14H17NO.C2H6/c1-15-8-7-11-3-4-13-10-14(16-2)6-5-12(13)9-11;1-2/h3-6,9-10,15H,7-8H2,1-2H3;1-2H3. The zero-order valence-corrected chi connectivity index (χ0v) is 11.8. The van der Waals surface area contributed by atoms with E-state index in [2.05, 4.69) is 35.6 Å². The molecular weight excluding hydrogens is 222 g/mol. The summed E-state index contributed by atoms with van der Waals surface area (Å²) in [6.07, 6.45) is 1.07. The molecule has 0 aliphatic rings. The molecule has 0 bridgehead atoms. The molecule has 2 nitrogen and oxygen atoms in total. The first-order valence-corrected chi connectivity index (χ1v) is 6.55. The van der Waals surface area contributed by atoms with Gasteiger partial charge in [-0.3, -0.25) is 0 Å². The molecule has 0 heterocycles. The van der Waals surface area contributed by atoms with Gasteiger partial charge in [0, 0.05) is 0 Å². The predicted molar refractivity (Wildman–Crippen MR) is 79.5 cm³/mol. The maximum Gasteiger partial charge on any atom is 0.119 e. The molecule has 0 aliphatic heterocycles. The van der Waals surface area contributed by atoms with Gasteiger partial charge in [0.2, 0.25) is 0 Å². The average molecular weight is 245 g/mol. The summed E-state index contributed by atoms with van der Waals surface area (Å²) in [6.45, 7) is 5.02. The maximum atomic E-state index is 5.21. The Labute approximate surface area is 110 Å². The fraction of sp³-hybridized carbons (Fsp3) is 0.375. The van der Waals surface area contributed by atoms with E-state index in [1.54, 1.807) is 7.11 Å². The molecule has 0 aromatic heterocycles. The van der Waals surface area contributed by atoms with Crippen molar-refractivity contribution in [1.29, 1.82) is 0 Å². The Balaban J connectivity index is 0.000000771. The monoisotopic (exact) mass is 245 g/mol. The molecule has 2 heteroatoms. The number of rotatable bonds is 4. The smallest absolute Gasteiger partial charge is 0.119 e. The van der Waals surface area contributed by atoms with Crippen molar-refractivity contribution in [2.75, 3.05) is 20.7 Å². The number of methoxy groups -OCH3 is 1. The van der Waals surface area contributed by atoms with Crippen LogP contribution < -0.4 is 10.1 Å². The number of benzene rings is 2. The highest BCUT2D eigenvalue weighted by atomic mass is 16.5. The quantitative estimate of drug-likeness (QED) is 0.888. The Morgan fingerprint density at radius 1 is 1.00 bits per heavy atom. The van der Waals surface area contributed by atoms with E-state index in [9.17, 15) is 0 Å². The Hall–Kier alpha value is -1.54. The van der Waals surface area contributed by atoms with Gasteiger partial charge in [-0.2, -0.15) is 0 Å². The summed E-state index contributed by atoms with van der Waals surface area (Å²) in [7, 11) is 3.67. The van der Waals surface area contributed by atoms with Crippen molar-refractivity contribution in [3.63, 3.8) is 0 Å². The highest BCUT2D eigenvalue weighted by Gasteiger charge is 1.98. The van der Waals surface area contributed by atoms with E-state index in [1.165, 1.54) is 16.3 Å². The molecule has 0 amide bonds. The van der Waals surface area contributed by atoms with Gasteiger partial charge in [-0.25, -0.2) is 0 Å². The van der Waals surface area contributed by atoms with Gasteiger partial charge in [0.05, 0.1) is 7.11 Å². The minimum Gasteiger partial charge on any atom is -0.497 e. The molecule has 0 fully saturated rings. The van der Waals surface area contributed by atoms with Crippen LogP contribution in [0.15, 0.2) is 36.4 Å². The number of fused-ring (bicyclic) bond motifs is 1. The van der Waals surface area contributed by atoms with Gasteiger partial charge in [-0.05, 0) is 48.5 Å². The first-order valence-electron chi connectivity index (χ1n) is 6.55. The molecule has 0 unspecified atom stereocenters. The van der Waals surface area contributed by atoms with Crippen LogP contribution in [0.25, 0.3) is 10.8 Å². The summed E-state index contributed by atoms with van der Waals surface area (Å²) in [5, 5.41) is 5.66. The fourth-order valence-corrected chi connectivity index (χ4v) is 1.83. The van der Waals surface area contributed by atoms with Crippen molar-refractivity contribution in [1.82, 2.24) is 5.32 Å². The van der Waals surface area contributed by atoms with Gasteiger partial charge >= 0.3 is 0 Å². The van der Waals surface area contributed by atoms with E-state index in [4.69, 9.17) is 4.74 Å². The number of nitrogens with one attached hydrogen (secondary N) is 1. The van der Waals surface area contributed by atoms with E-state index >= 15 is 0 Å². The molecule has 1 N–H and O–H groups in total. The van der Waals surface area contributed by atoms with Crippen molar-refractivity contribution in [2.45, 2.75) is 20.3 Å². The van der Waals surface area contributed by atoms with Crippen LogP contribution in [0.5, 0.6) is 5.75 Å². The van der Waals surface area contributed by atoms with E-state index in [-0.39, 0.29) is 0 Å². The number of hydrogen-bond acceptors (Lipinski definition) is 2. The van der Waals surface area contributed by atoms with Gasteiger partial charge in [-0.1, -0.05) is 38.1 Å². The van der Waals surface area contributed by atoms with Crippen LogP contribution >= 0.6 is 0 Å². The number of likely N-dealkylation sites (N-methyl/N-ethyl adjacent to an activating group) is 1. The largest absolute Gasteiger partial charge is 0.497 e. The molecule has 0 saturated heterocycles. The minimum absolute atomic E-state index is 0.912. The summed E-state index contributed by atoms with van der Waals surface area (Å²) in [5.74, 6) is 0.912. The Morgan fingerprint density at radius 2 is 1.67 bits per heavy atom. The summed E-state index contributed by atoms with van der Waals surface area (Å²) >= 11 is 0. The Kier molecular flexibility index (Phi) is 6.23. The number of hydrogen-bond donors (Lipinski definition) is 1. The SMILES string of the molecule is CC.CNCCc1ccc2cc(OC)ccc2c1. The van der Waals surface area contributed by atoms with Crippen LogP contribution in [0.4, 0.5) is 0 Å². The highest BCUT2D eigenvalue weighted by molar-refractivity contribution is 5.84. The second kappa shape index (κ2) is 7.72. The van der Waals surface area contributed by atoms with Crippen LogP contribution in [0.2, 0.25) is 0 Å². The van der Waals surface area contributed by atoms with Crippen molar-refractivity contribution < 1.29 is 4.74 Å². The van der Waals surface area contributed by atoms with Gasteiger partial charge in [-0.15, -0.1) is 0 Å². The topological polar surface area (TPSA) is 21.3 Å². The lowest BCUT2D eigenvalue weighted by Crippen LogP contribution is -2.10. The third-order valence-electron chi connectivity index (χ3n) is 2.78. The molecule has 18 heavy (non-hydrogen) atoms. The highest BCUT2D eigenvalue weighted by Crippen LogP contribution is 2.21. The molecule has 0 saturated carbocycles. The molecule has 0 aliphatic carbocycles. The van der Waals surface area contributed by atoms with Crippen molar-refractivity contribution in [3.05, 3.63) is 42.0 Å². The third kappa shape index (κ3) is 3.74. The predicted octanol–water partition coefficient (Wildman–Crippen LogP) is 3.64. The summed E-state index contributed by atoms with van der Waals surface area (Å²) in [4.78, 5) is 0. The summed E-state index contributed by atoms with van der Waals surface area (Å²) < 4.78 is 5.21. The van der Waals surface area contributed by atoms with Gasteiger partial charge in [0.15, 0.2) is 0 Å². The normalized spacial score (nSPS) is 9.78. The van der Waals surface area contributed by atoms with Crippen molar-refractivity contribution in [3.8, 4) is 5.75 Å². The maximum absolute atomic E-state index is 5.21. The molecule has 2 rings (SSSR count). The average Bonchev–Trinajstić information content (AvgIpc) is 2.46. The van der Waals surface area contributed by atoms with Gasteiger partial charge in [0.1, 0.15) is 5.75 Å². The molecule has 0 atom stereocenters. The molecule has 0 radical (unpaired) electrons. The first-order chi connectivity index (χ1) is 8.83. The van der Waals surface area contributed by atoms with Crippen LogP contribution in [0, 0.1) is 0 Å². The lowest BCUT2D eigenvalue weighted by atomic mass is 10.0. The fourth-order valence-electron chi connectivity index (χ4n) is 1.83. The Bertz CT molecular complexity index is 479. The van der Waals surface area contributed by atoms with Crippen LogP contribution in [0.3, 0.4) is 0 Å². The summed E-state index contributed by atoms with van der Waals surface area (Å²) in [5.41, 5.74) is 1.37. The summed E-state index contributed by atoms with van der Waals surface area (Å²) in [6, 6.07) is 12.8. The molecule has 2 aromatic rings. The second-order valence-corrected chi connectivity index (χ2v) is 3.90. The zero-order chi connectivity index (χ0) is 13.4. The van der Waals surface area contributed by atoms with E-state index in [0.29, 0.717) is 0 Å². The lowest BCUT2D eigenvalue weighted by Gasteiger charge is -2.05. The zero-order valence-electron chi connectivity index (χ0n) is 11.8. The van der Waals surface area contributed by atoms with Crippen molar-refractivity contribution >= 4 is 10.8 Å². The molecule has 2 aromatic carbocycles. The second-order valence-electron chi connectivity index (χ2n) is 3.90. The van der Waals surface area contributed by atoms with Gasteiger partial charge in [0.25, 0.3) is 0 Å². The van der Waals surface area contributed by atoms with Crippen LogP contribution in [-0.2, 0) is 6.42 Å². The van der Waals surface area contributed by atoms with E-state index < -0.39 is 0 Å². The van der Waals surface area contributed by atoms with Crippen molar-refractivity contribution in [2.24, 2.45) is 0 Å².